The number of fused-ring (bicyclic) bond motifs is 1. The zero-order valence-corrected chi connectivity index (χ0v) is 22.5. The number of aliphatic imine (C=N–C) groups is 1. The van der Waals surface area contributed by atoms with E-state index in [0.717, 1.165) is 60.4 Å². The Balaban J connectivity index is 1.71. The maximum atomic E-state index is 13.3. The zero-order valence-electron chi connectivity index (χ0n) is 17.4. The number of anilines is 1. The molecule has 164 valence electrons. The zero-order chi connectivity index (χ0) is 22.5. The van der Waals surface area contributed by atoms with Crippen LogP contribution in [0.15, 0.2) is 60.1 Å². The lowest BCUT2D eigenvalue weighted by molar-refractivity contribution is 0.102. The first-order valence-electron chi connectivity index (χ1n) is 10.3. The van der Waals surface area contributed by atoms with E-state index in [4.69, 9.17) is 9.73 Å². The van der Waals surface area contributed by atoms with Crippen molar-refractivity contribution in [2.45, 2.75) is 25.7 Å². The number of hydrogen-bond acceptors (Lipinski definition) is 4. The van der Waals surface area contributed by atoms with E-state index in [9.17, 15) is 4.79 Å². The van der Waals surface area contributed by atoms with Crippen molar-refractivity contribution in [2.75, 3.05) is 11.9 Å². The number of ether oxygens (including phenoxy) is 1. The second kappa shape index (κ2) is 10.9. The van der Waals surface area contributed by atoms with E-state index in [0.29, 0.717) is 12.2 Å². The molecule has 3 aromatic rings. The van der Waals surface area contributed by atoms with E-state index in [1.807, 2.05) is 42.6 Å². The van der Waals surface area contributed by atoms with Gasteiger partial charge >= 0.3 is 0 Å². The molecule has 2 aromatic carbocycles. The van der Waals surface area contributed by atoms with Crippen LogP contribution in [-0.4, -0.2) is 18.7 Å². The summed E-state index contributed by atoms with van der Waals surface area (Å²) in [7, 11) is 0. The largest absolute Gasteiger partial charge is 0.488 e. The Hall–Kier alpha value is -1.72. The lowest BCUT2D eigenvalue weighted by Crippen LogP contribution is -2.14. The van der Waals surface area contributed by atoms with Crippen LogP contribution in [0.5, 0.6) is 5.75 Å². The first kappa shape index (κ1) is 23.4. The van der Waals surface area contributed by atoms with Gasteiger partial charge in [0.1, 0.15) is 17.4 Å². The van der Waals surface area contributed by atoms with Gasteiger partial charge in [0.2, 0.25) is 0 Å². The highest BCUT2D eigenvalue weighted by Gasteiger charge is 2.25. The molecule has 1 amide bonds. The fourth-order valence-electron chi connectivity index (χ4n) is 3.69. The van der Waals surface area contributed by atoms with Crippen LogP contribution in [-0.2, 0) is 12.8 Å². The van der Waals surface area contributed by atoms with Crippen molar-refractivity contribution >= 4 is 79.3 Å². The number of halogens is 2. The van der Waals surface area contributed by atoms with E-state index in [2.05, 4.69) is 63.1 Å². The number of amides is 1. The van der Waals surface area contributed by atoms with Gasteiger partial charge in [-0.25, -0.2) is 4.99 Å². The minimum Gasteiger partial charge on any atom is -0.488 e. The summed E-state index contributed by atoms with van der Waals surface area (Å²) in [6, 6.07) is 13.7. The van der Waals surface area contributed by atoms with E-state index in [1.165, 1.54) is 4.88 Å². The Kier molecular flexibility index (Phi) is 8.01. The van der Waals surface area contributed by atoms with Gasteiger partial charge < -0.3 is 10.1 Å². The number of nitrogens with zero attached hydrogens (tertiary/aromatic N) is 1. The third kappa shape index (κ3) is 5.43. The molecule has 0 unspecified atom stereocenters. The molecule has 0 atom stereocenters. The van der Waals surface area contributed by atoms with Crippen molar-refractivity contribution in [1.82, 2.24) is 0 Å². The molecule has 4 nitrogen and oxygen atoms in total. The molecule has 1 heterocycles. The molecule has 0 radical (unpaired) electrons. The van der Waals surface area contributed by atoms with Crippen LogP contribution >= 0.6 is 56.5 Å². The lowest BCUT2D eigenvalue weighted by Gasteiger charge is -2.13. The minimum atomic E-state index is -0.0943. The van der Waals surface area contributed by atoms with Gasteiger partial charge in [-0.05, 0) is 101 Å². The number of hydrogen-bond donors (Lipinski definition) is 1. The molecule has 0 bridgehead atoms. The number of thiophene rings is 1. The Morgan fingerprint density at radius 3 is 2.75 bits per heavy atom. The Morgan fingerprint density at radius 2 is 1.97 bits per heavy atom. The fraction of sp³-hybridized carbons (Fsp3) is 0.200. The van der Waals surface area contributed by atoms with Crippen LogP contribution < -0.4 is 10.1 Å². The number of aryl methyl sites for hydroxylation is 1. The Bertz CT molecular complexity index is 1170. The summed E-state index contributed by atoms with van der Waals surface area (Å²) in [6.07, 6.45) is 7.75. The average Bonchev–Trinajstić information content (AvgIpc) is 3.16. The molecule has 0 saturated carbocycles. The van der Waals surface area contributed by atoms with Gasteiger partial charge in [0, 0.05) is 25.9 Å². The summed E-state index contributed by atoms with van der Waals surface area (Å²) in [6.45, 7) is 4.17. The summed E-state index contributed by atoms with van der Waals surface area (Å²) in [4.78, 5) is 19.4. The standard InChI is InChI=1S/C25H22I2N2O2S/c1-2-12-31-23-16(13-17(26)14-20(23)27)15-28-25-22(19-10-6-7-11-21(19)32-25)24(30)29-18-8-4-3-5-9-18/h2-5,8-9,13-15H,1,6-7,10-12H2,(H,29,30). The molecule has 7 heteroatoms. The first-order chi connectivity index (χ1) is 15.6. The summed E-state index contributed by atoms with van der Waals surface area (Å²) >= 11 is 6.21. The highest BCUT2D eigenvalue weighted by molar-refractivity contribution is 14.1. The molecule has 4 rings (SSSR count). The van der Waals surface area contributed by atoms with E-state index in [1.54, 1.807) is 17.4 Å². The molecule has 0 fully saturated rings. The smallest absolute Gasteiger partial charge is 0.259 e. The van der Waals surface area contributed by atoms with Gasteiger partial charge in [-0.2, -0.15) is 0 Å². The Morgan fingerprint density at radius 1 is 1.19 bits per heavy atom. The summed E-state index contributed by atoms with van der Waals surface area (Å²) in [5.74, 6) is 0.689. The quantitative estimate of drug-likeness (QED) is 0.162. The van der Waals surface area contributed by atoms with Gasteiger partial charge in [-0.3, -0.25) is 4.79 Å². The van der Waals surface area contributed by atoms with E-state index < -0.39 is 0 Å². The summed E-state index contributed by atoms with van der Waals surface area (Å²) in [5.41, 5.74) is 3.54. The summed E-state index contributed by atoms with van der Waals surface area (Å²) in [5, 5.41) is 3.80. The number of para-hydroxylation sites is 1. The monoisotopic (exact) mass is 668 g/mol. The van der Waals surface area contributed by atoms with Crippen LogP contribution in [0.3, 0.4) is 0 Å². The third-order valence-electron chi connectivity index (χ3n) is 5.11. The van der Waals surface area contributed by atoms with E-state index >= 15 is 0 Å². The molecule has 0 spiro atoms. The molecule has 1 aliphatic carbocycles. The van der Waals surface area contributed by atoms with Crippen molar-refractivity contribution in [2.24, 2.45) is 4.99 Å². The van der Waals surface area contributed by atoms with Gasteiger partial charge in [-0.15, -0.1) is 11.3 Å². The highest BCUT2D eigenvalue weighted by atomic mass is 127. The predicted molar refractivity (Wildman–Crippen MR) is 150 cm³/mol. The maximum Gasteiger partial charge on any atom is 0.259 e. The van der Waals surface area contributed by atoms with Gasteiger partial charge in [0.05, 0.1) is 9.13 Å². The predicted octanol–water partition coefficient (Wildman–Crippen LogP) is 7.40. The van der Waals surface area contributed by atoms with Crippen LogP contribution in [0.2, 0.25) is 0 Å². The molecule has 0 saturated heterocycles. The number of benzene rings is 2. The van der Waals surface area contributed by atoms with Crippen molar-refractivity contribution < 1.29 is 9.53 Å². The highest BCUT2D eigenvalue weighted by Crippen LogP contribution is 2.40. The fourth-order valence-corrected chi connectivity index (χ4v) is 6.97. The van der Waals surface area contributed by atoms with Crippen molar-refractivity contribution in [3.8, 4) is 5.75 Å². The maximum absolute atomic E-state index is 13.3. The number of carbonyl (C=O) groups is 1. The molecule has 32 heavy (non-hydrogen) atoms. The molecule has 1 N–H and O–H groups in total. The molecule has 1 aliphatic rings. The number of nitrogens with one attached hydrogen (secondary N) is 1. The van der Waals surface area contributed by atoms with Gasteiger partial charge in [-0.1, -0.05) is 30.9 Å². The van der Waals surface area contributed by atoms with Gasteiger partial charge in [0.15, 0.2) is 0 Å². The van der Waals surface area contributed by atoms with E-state index in [-0.39, 0.29) is 5.91 Å². The van der Waals surface area contributed by atoms with Crippen molar-refractivity contribution in [3.05, 3.63) is 83.8 Å². The van der Waals surface area contributed by atoms with Crippen molar-refractivity contribution in [3.63, 3.8) is 0 Å². The Labute approximate surface area is 219 Å². The normalized spacial score (nSPS) is 13.1. The van der Waals surface area contributed by atoms with Crippen LogP contribution in [0.25, 0.3) is 0 Å². The molecule has 1 aromatic heterocycles. The van der Waals surface area contributed by atoms with Crippen LogP contribution in [0.1, 0.15) is 39.2 Å². The summed E-state index contributed by atoms with van der Waals surface area (Å²) < 4.78 is 8.02. The molecular weight excluding hydrogens is 646 g/mol. The molecular formula is C25H22I2N2O2S. The number of carbonyl (C=O) groups excluding carboxylic acids is 1. The van der Waals surface area contributed by atoms with Crippen molar-refractivity contribution in [1.29, 1.82) is 0 Å². The van der Waals surface area contributed by atoms with Crippen LogP contribution in [0, 0.1) is 7.14 Å². The topological polar surface area (TPSA) is 50.7 Å². The lowest BCUT2D eigenvalue weighted by atomic mass is 9.95. The second-order valence-corrected chi connectivity index (χ2v) is 10.9. The minimum absolute atomic E-state index is 0.0943. The average molecular weight is 668 g/mol. The van der Waals surface area contributed by atoms with Gasteiger partial charge in [0.25, 0.3) is 5.91 Å². The second-order valence-electron chi connectivity index (χ2n) is 7.38. The van der Waals surface area contributed by atoms with Crippen LogP contribution in [0.4, 0.5) is 10.7 Å². The molecule has 0 aliphatic heterocycles. The third-order valence-corrected chi connectivity index (χ3v) is 7.74. The SMILES string of the molecule is C=CCOc1c(I)cc(I)cc1C=Nc1sc2c(c1C(=O)Nc1ccccc1)CCCC2. The number of rotatable bonds is 7. The first-order valence-corrected chi connectivity index (χ1v) is 13.3.